The molecule has 0 aliphatic rings. The van der Waals surface area contributed by atoms with Crippen LogP contribution < -0.4 is 103 Å². The van der Waals surface area contributed by atoms with Gasteiger partial charge in [0.2, 0.25) is 0 Å². The van der Waals surface area contributed by atoms with Crippen LogP contribution in [0.4, 0.5) is 0 Å². The van der Waals surface area contributed by atoms with E-state index in [0.717, 1.165) is 0 Å². The Labute approximate surface area is 226 Å². The van der Waals surface area contributed by atoms with Gasteiger partial charge in [0.1, 0.15) is 0 Å². The molecule has 3 atom stereocenters. The molecular formula is C13H26Na3O10P. The number of carboxylic acids is 1. The van der Waals surface area contributed by atoms with Crippen LogP contribution in [0.1, 0.15) is 27.7 Å². The number of carboxylic acid groups (broad SMARTS) is 1. The smallest absolute Gasteiger partial charge is 0.822 e. The van der Waals surface area contributed by atoms with Gasteiger partial charge in [-0.05, 0) is 27.7 Å². The number of ether oxygens (including phenoxy) is 2. The summed E-state index contributed by atoms with van der Waals surface area (Å²) in [5.41, 5.74) is 0.176. The van der Waals surface area contributed by atoms with E-state index in [2.05, 4.69) is 6.58 Å². The van der Waals surface area contributed by atoms with Crippen molar-refractivity contribution in [3.8, 4) is 0 Å². The second-order valence-corrected chi connectivity index (χ2v) is 5.75. The molecule has 0 radical (unpaired) electrons. The van der Waals surface area contributed by atoms with Gasteiger partial charge in [0.05, 0.1) is 38.1 Å². The number of aliphatic carboxylic acids is 1. The summed E-state index contributed by atoms with van der Waals surface area (Å²) in [6, 6.07) is 0. The predicted molar refractivity (Wildman–Crippen MR) is 79.7 cm³/mol. The Balaban J connectivity index is -0.0000000670. The van der Waals surface area contributed by atoms with E-state index in [1.807, 2.05) is 6.92 Å². The minimum atomic E-state index is -5.39. The van der Waals surface area contributed by atoms with Crippen LogP contribution in [0, 0.1) is 0 Å². The van der Waals surface area contributed by atoms with Crippen LogP contribution in [0.5, 0.6) is 0 Å². The monoisotopic (exact) mass is 442 g/mol. The van der Waals surface area contributed by atoms with Crippen molar-refractivity contribution in [2.75, 3.05) is 19.8 Å². The Morgan fingerprint density at radius 3 is 1.56 bits per heavy atom. The topological polar surface area (TPSA) is 182 Å². The van der Waals surface area contributed by atoms with E-state index in [-0.39, 0.29) is 113 Å². The van der Waals surface area contributed by atoms with Crippen molar-refractivity contribution in [2.24, 2.45) is 0 Å². The standard InChI is InChI=1S/C9H20O4.C4H6O2.3Na.H3O4P/c1-7(11)5-12-9(3)6-13-8(2)4-10;1-3(2)4(5)6;;;;1-5(2,3)4/h7-11H,4-6H2,1-3H3;1H2,2H3,(H,5,6);;;;(H3,1,2,3,4)/q;;3*+1;/p-3. The van der Waals surface area contributed by atoms with Crippen molar-refractivity contribution in [1.29, 1.82) is 0 Å². The molecule has 27 heavy (non-hydrogen) atoms. The van der Waals surface area contributed by atoms with Gasteiger partial charge in [-0.3, -0.25) is 0 Å². The average molecular weight is 442 g/mol. The Hall–Kier alpha value is 2.16. The summed E-state index contributed by atoms with van der Waals surface area (Å²) in [6.07, 6.45) is -0.654. The van der Waals surface area contributed by atoms with Gasteiger partial charge in [-0.2, -0.15) is 7.82 Å². The second-order valence-electron chi connectivity index (χ2n) is 4.85. The normalized spacial score (nSPS) is 12.6. The SMILES string of the molecule is C=C(C)C(=O)O.CC(O)COC(C)COC(C)CO.O=P([O-])([O-])[O-].[Na+].[Na+].[Na+]. The largest absolute Gasteiger partial charge is 1.00 e. The van der Waals surface area contributed by atoms with Gasteiger partial charge in [0.15, 0.2) is 0 Å². The molecular weight excluding hydrogens is 416 g/mol. The summed E-state index contributed by atoms with van der Waals surface area (Å²) in [7, 11) is -5.39. The number of aliphatic hydroxyl groups is 2. The molecule has 0 saturated carbocycles. The first-order valence-electron chi connectivity index (χ1n) is 6.84. The fraction of sp³-hybridized carbons (Fsp3) is 0.769. The molecule has 0 aromatic heterocycles. The van der Waals surface area contributed by atoms with E-state index >= 15 is 0 Å². The molecule has 0 saturated heterocycles. The van der Waals surface area contributed by atoms with E-state index in [0.29, 0.717) is 13.2 Å². The molecule has 146 valence electrons. The van der Waals surface area contributed by atoms with E-state index in [4.69, 9.17) is 44.0 Å². The predicted octanol–water partition coefficient (Wildman–Crippen LogP) is -11.0. The Morgan fingerprint density at radius 1 is 1.04 bits per heavy atom. The van der Waals surface area contributed by atoms with Crippen molar-refractivity contribution in [3.63, 3.8) is 0 Å². The van der Waals surface area contributed by atoms with E-state index in [9.17, 15) is 4.79 Å². The quantitative estimate of drug-likeness (QED) is 0.185. The summed E-state index contributed by atoms with van der Waals surface area (Å²) >= 11 is 0. The van der Waals surface area contributed by atoms with Crippen molar-refractivity contribution in [1.82, 2.24) is 0 Å². The Kier molecular flexibility index (Phi) is 41.8. The molecule has 0 heterocycles. The Morgan fingerprint density at radius 2 is 1.33 bits per heavy atom. The third-order valence-corrected chi connectivity index (χ3v) is 1.86. The molecule has 0 aliphatic heterocycles. The van der Waals surface area contributed by atoms with Gasteiger partial charge in [0, 0.05) is 5.57 Å². The number of hydrogen-bond acceptors (Lipinski definition) is 9. The molecule has 0 fully saturated rings. The molecule has 3 N–H and O–H groups in total. The molecule has 0 aromatic carbocycles. The summed E-state index contributed by atoms with van der Waals surface area (Å²) in [4.78, 5) is 35.2. The summed E-state index contributed by atoms with van der Waals surface area (Å²) in [6.45, 7) is 10.7. The van der Waals surface area contributed by atoms with E-state index in [1.54, 1.807) is 13.8 Å². The van der Waals surface area contributed by atoms with Gasteiger partial charge < -0.3 is 44.0 Å². The van der Waals surface area contributed by atoms with Crippen molar-refractivity contribution < 1.29 is 138 Å². The number of rotatable bonds is 8. The minimum Gasteiger partial charge on any atom is -0.822 e. The molecule has 0 amide bonds. The first kappa shape index (κ1) is 43.1. The molecule has 0 bridgehead atoms. The van der Waals surface area contributed by atoms with Crippen LogP contribution in [-0.4, -0.2) is 59.4 Å². The molecule has 14 heteroatoms. The first-order valence-corrected chi connectivity index (χ1v) is 8.30. The van der Waals surface area contributed by atoms with Crippen LogP contribution >= 0.6 is 7.82 Å². The molecule has 0 aromatic rings. The number of aliphatic hydroxyl groups excluding tert-OH is 2. The van der Waals surface area contributed by atoms with Gasteiger partial charge in [0.25, 0.3) is 0 Å². The zero-order valence-corrected chi connectivity index (χ0v) is 24.1. The number of carbonyl (C=O) groups is 1. The summed E-state index contributed by atoms with van der Waals surface area (Å²) in [5.74, 6) is -0.935. The van der Waals surface area contributed by atoms with Gasteiger partial charge in [-0.25, -0.2) is 4.79 Å². The van der Waals surface area contributed by atoms with Crippen LogP contribution in [0.2, 0.25) is 0 Å². The summed E-state index contributed by atoms with van der Waals surface area (Å²) < 4.78 is 19.0. The number of hydrogen-bond donors (Lipinski definition) is 3. The summed E-state index contributed by atoms with van der Waals surface area (Å²) in [5, 5.41) is 25.5. The fourth-order valence-electron chi connectivity index (χ4n) is 0.704. The van der Waals surface area contributed by atoms with E-state index in [1.165, 1.54) is 6.92 Å². The molecule has 0 aliphatic carbocycles. The van der Waals surface area contributed by atoms with Gasteiger partial charge in [-0.15, -0.1) is 0 Å². The van der Waals surface area contributed by atoms with Crippen LogP contribution in [0.3, 0.4) is 0 Å². The van der Waals surface area contributed by atoms with Crippen LogP contribution in [0.25, 0.3) is 0 Å². The zero-order valence-electron chi connectivity index (χ0n) is 17.2. The molecule has 0 rings (SSSR count). The third-order valence-electron chi connectivity index (χ3n) is 1.86. The Bertz CT molecular complexity index is 372. The molecule has 3 unspecified atom stereocenters. The van der Waals surface area contributed by atoms with Crippen LogP contribution in [-0.2, 0) is 18.8 Å². The molecule has 10 nitrogen and oxygen atoms in total. The minimum absolute atomic E-state index is 0. The fourth-order valence-corrected chi connectivity index (χ4v) is 0.704. The van der Waals surface area contributed by atoms with Crippen molar-refractivity contribution >= 4 is 13.8 Å². The molecule has 0 spiro atoms. The first-order chi connectivity index (χ1) is 10.7. The zero-order chi connectivity index (χ0) is 19.9. The van der Waals surface area contributed by atoms with Gasteiger partial charge >= 0.3 is 94.6 Å². The maximum absolute atomic E-state index is 9.60. The average Bonchev–Trinajstić information content (AvgIpc) is 2.41. The second kappa shape index (κ2) is 26.2. The third kappa shape index (κ3) is 58.4. The maximum atomic E-state index is 9.60. The number of phosphoric acid groups is 1. The van der Waals surface area contributed by atoms with E-state index < -0.39 is 19.9 Å². The maximum Gasteiger partial charge on any atom is 1.00 e. The van der Waals surface area contributed by atoms with Crippen LogP contribution in [0.15, 0.2) is 12.2 Å². The van der Waals surface area contributed by atoms with Gasteiger partial charge in [-0.1, -0.05) is 6.58 Å². The van der Waals surface area contributed by atoms with Crippen molar-refractivity contribution in [3.05, 3.63) is 12.2 Å². The van der Waals surface area contributed by atoms with Crippen molar-refractivity contribution in [2.45, 2.75) is 46.0 Å².